The quantitative estimate of drug-likeness (QED) is 0.931. The highest BCUT2D eigenvalue weighted by Crippen LogP contribution is 2.30. The lowest BCUT2D eigenvalue weighted by atomic mass is 10.1. The van der Waals surface area contributed by atoms with E-state index >= 15 is 0 Å². The Morgan fingerprint density at radius 1 is 1.45 bits per heavy atom. The molecule has 110 valence electrons. The molecular formula is C15H23N3OS. The van der Waals surface area contributed by atoms with Crippen molar-refractivity contribution >= 4 is 23.5 Å². The van der Waals surface area contributed by atoms with E-state index in [-0.39, 0.29) is 10.7 Å². The Labute approximate surface area is 125 Å². The zero-order valence-corrected chi connectivity index (χ0v) is 13.3. The molecule has 5 heteroatoms. The first kappa shape index (κ1) is 15.2. The Balaban J connectivity index is 2.08. The van der Waals surface area contributed by atoms with Crippen LogP contribution in [0.2, 0.25) is 0 Å². The summed E-state index contributed by atoms with van der Waals surface area (Å²) in [5, 5.41) is 3.15. The van der Waals surface area contributed by atoms with E-state index in [1.54, 1.807) is 6.07 Å². The molecule has 1 N–H and O–H groups in total. The van der Waals surface area contributed by atoms with E-state index in [2.05, 4.69) is 24.1 Å². The van der Waals surface area contributed by atoms with Crippen molar-refractivity contribution in [3.8, 4) is 0 Å². The third-order valence-corrected chi connectivity index (χ3v) is 4.82. The van der Waals surface area contributed by atoms with E-state index in [1.165, 1.54) is 0 Å². The van der Waals surface area contributed by atoms with Gasteiger partial charge in [0.15, 0.2) is 0 Å². The number of hydrogen-bond donors (Lipinski definition) is 1. The van der Waals surface area contributed by atoms with Crippen molar-refractivity contribution in [3.63, 3.8) is 0 Å². The highest BCUT2D eigenvalue weighted by atomic mass is 32.2. The molecule has 0 aromatic carbocycles. The Morgan fingerprint density at radius 3 is 3.00 bits per heavy atom. The Bertz CT molecular complexity index is 476. The first-order valence-electron chi connectivity index (χ1n) is 7.16. The molecule has 0 atom stereocenters. The third kappa shape index (κ3) is 3.88. The van der Waals surface area contributed by atoms with Crippen molar-refractivity contribution in [2.45, 2.75) is 31.9 Å². The van der Waals surface area contributed by atoms with Gasteiger partial charge in [0.25, 0.3) is 5.91 Å². The van der Waals surface area contributed by atoms with Crippen molar-refractivity contribution in [1.29, 1.82) is 0 Å². The zero-order valence-electron chi connectivity index (χ0n) is 12.5. The average Bonchev–Trinajstić information content (AvgIpc) is 2.60. The molecule has 1 aliphatic rings. The minimum absolute atomic E-state index is 0.0445. The summed E-state index contributed by atoms with van der Waals surface area (Å²) in [4.78, 5) is 18.9. The van der Waals surface area contributed by atoms with Crippen LogP contribution in [-0.4, -0.2) is 45.9 Å². The molecule has 1 aromatic rings. The number of rotatable bonds is 3. The Morgan fingerprint density at radius 2 is 2.25 bits per heavy atom. The first-order valence-corrected chi connectivity index (χ1v) is 8.14. The van der Waals surface area contributed by atoms with Crippen LogP contribution in [0.5, 0.6) is 0 Å². The van der Waals surface area contributed by atoms with Crippen molar-refractivity contribution < 1.29 is 4.79 Å². The number of nitrogens with one attached hydrogen (secondary N) is 1. The topological polar surface area (TPSA) is 45.2 Å². The lowest BCUT2D eigenvalue weighted by molar-refractivity contribution is 0.0759. The Kier molecular flexibility index (Phi) is 4.91. The van der Waals surface area contributed by atoms with Crippen molar-refractivity contribution in [2.24, 2.45) is 0 Å². The molecule has 1 aliphatic heterocycles. The molecule has 0 unspecified atom stereocenters. The second-order valence-electron chi connectivity index (χ2n) is 5.59. The van der Waals surface area contributed by atoms with Gasteiger partial charge < -0.3 is 10.2 Å². The highest BCUT2D eigenvalue weighted by Gasteiger charge is 2.26. The highest BCUT2D eigenvalue weighted by molar-refractivity contribution is 8.00. The van der Waals surface area contributed by atoms with Crippen LogP contribution in [0.25, 0.3) is 0 Å². The predicted octanol–water partition coefficient (Wildman–Crippen LogP) is 2.87. The summed E-state index contributed by atoms with van der Waals surface area (Å²) < 4.78 is 0.258. The number of aromatic nitrogens is 1. The largest absolute Gasteiger partial charge is 0.370 e. The molecule has 2 heterocycles. The summed E-state index contributed by atoms with van der Waals surface area (Å²) in [6.07, 6.45) is 1.02. The second-order valence-corrected chi connectivity index (χ2v) is 7.39. The van der Waals surface area contributed by atoms with Gasteiger partial charge >= 0.3 is 0 Å². The van der Waals surface area contributed by atoms with Crippen LogP contribution in [0.4, 0.5) is 5.82 Å². The molecule has 0 radical (unpaired) electrons. The van der Waals surface area contributed by atoms with Crippen LogP contribution >= 0.6 is 11.8 Å². The fourth-order valence-electron chi connectivity index (χ4n) is 2.22. The number of carbonyl (C=O) groups is 1. The molecular weight excluding hydrogens is 270 g/mol. The normalized spacial score (nSPS) is 18.4. The lowest BCUT2D eigenvalue weighted by Crippen LogP contribution is -2.34. The fraction of sp³-hybridized carbons (Fsp3) is 0.600. The van der Waals surface area contributed by atoms with Crippen molar-refractivity contribution in [1.82, 2.24) is 9.88 Å². The van der Waals surface area contributed by atoms with Gasteiger partial charge in [-0.25, -0.2) is 4.98 Å². The van der Waals surface area contributed by atoms with Gasteiger partial charge in [0.1, 0.15) is 11.5 Å². The molecule has 0 aliphatic carbocycles. The number of carbonyl (C=O) groups excluding carboxylic acids is 1. The van der Waals surface area contributed by atoms with E-state index in [9.17, 15) is 4.79 Å². The Hall–Kier alpha value is -1.23. The standard InChI is InChI=1S/C15H23N3OS/c1-4-16-13-7-5-6-12(17-13)14(19)18-9-8-15(2,3)20-11-10-18/h5-7H,4,8-11H2,1-3H3,(H,16,17). The van der Waals surface area contributed by atoms with Gasteiger partial charge in [0.05, 0.1) is 0 Å². The van der Waals surface area contributed by atoms with Crippen LogP contribution in [0.1, 0.15) is 37.7 Å². The number of nitrogens with zero attached hydrogens (tertiary/aromatic N) is 2. The summed E-state index contributed by atoms with van der Waals surface area (Å²) in [5.74, 6) is 1.80. The summed E-state index contributed by atoms with van der Waals surface area (Å²) in [6.45, 7) is 8.93. The van der Waals surface area contributed by atoms with E-state index in [0.717, 1.165) is 37.6 Å². The van der Waals surface area contributed by atoms with Gasteiger partial charge in [-0.3, -0.25) is 4.79 Å². The maximum atomic E-state index is 12.5. The zero-order chi connectivity index (χ0) is 14.6. The molecule has 0 bridgehead atoms. The van der Waals surface area contributed by atoms with Crippen LogP contribution in [0.15, 0.2) is 18.2 Å². The monoisotopic (exact) mass is 293 g/mol. The number of hydrogen-bond acceptors (Lipinski definition) is 4. The van der Waals surface area contributed by atoms with Crippen LogP contribution < -0.4 is 5.32 Å². The van der Waals surface area contributed by atoms with Crippen molar-refractivity contribution in [2.75, 3.05) is 30.7 Å². The lowest BCUT2D eigenvalue weighted by Gasteiger charge is -2.22. The molecule has 2 rings (SSSR count). The van der Waals surface area contributed by atoms with Gasteiger partial charge in [-0.2, -0.15) is 11.8 Å². The molecule has 1 fully saturated rings. The SMILES string of the molecule is CCNc1cccc(C(=O)N2CCSC(C)(C)CC2)n1. The van der Waals surface area contributed by atoms with E-state index in [1.807, 2.05) is 35.7 Å². The van der Waals surface area contributed by atoms with Crippen LogP contribution in [0.3, 0.4) is 0 Å². The van der Waals surface area contributed by atoms with Gasteiger partial charge in [0, 0.05) is 30.1 Å². The average molecular weight is 293 g/mol. The fourth-order valence-corrected chi connectivity index (χ4v) is 3.32. The van der Waals surface area contributed by atoms with E-state index in [4.69, 9.17) is 0 Å². The summed E-state index contributed by atoms with van der Waals surface area (Å²) in [5.41, 5.74) is 0.535. The number of pyridine rings is 1. The smallest absolute Gasteiger partial charge is 0.272 e. The van der Waals surface area contributed by atoms with Crippen molar-refractivity contribution in [3.05, 3.63) is 23.9 Å². The number of anilines is 1. The van der Waals surface area contributed by atoms with Gasteiger partial charge in [-0.15, -0.1) is 0 Å². The van der Waals surface area contributed by atoms with Gasteiger partial charge in [0.2, 0.25) is 0 Å². The third-order valence-electron chi connectivity index (χ3n) is 3.45. The number of thioether (sulfide) groups is 1. The molecule has 0 saturated carbocycles. The molecule has 20 heavy (non-hydrogen) atoms. The minimum atomic E-state index is 0.0445. The van der Waals surface area contributed by atoms with Gasteiger partial charge in [-0.1, -0.05) is 19.9 Å². The molecule has 1 amide bonds. The molecule has 0 spiro atoms. The molecule has 1 saturated heterocycles. The summed E-state index contributed by atoms with van der Waals surface area (Å²) in [7, 11) is 0. The summed E-state index contributed by atoms with van der Waals surface area (Å²) in [6, 6.07) is 5.57. The maximum absolute atomic E-state index is 12.5. The molecule has 4 nitrogen and oxygen atoms in total. The maximum Gasteiger partial charge on any atom is 0.272 e. The minimum Gasteiger partial charge on any atom is -0.370 e. The molecule has 1 aromatic heterocycles. The second kappa shape index (κ2) is 6.48. The summed E-state index contributed by atoms with van der Waals surface area (Å²) >= 11 is 1.94. The van der Waals surface area contributed by atoms with E-state index in [0.29, 0.717) is 5.69 Å². The van der Waals surface area contributed by atoms with Gasteiger partial charge in [-0.05, 0) is 25.5 Å². The van der Waals surface area contributed by atoms with E-state index < -0.39 is 0 Å². The van der Waals surface area contributed by atoms with Crippen LogP contribution in [-0.2, 0) is 0 Å². The number of amides is 1. The first-order chi connectivity index (χ1) is 9.52. The van der Waals surface area contributed by atoms with Crippen LogP contribution in [0, 0.1) is 0 Å². The predicted molar refractivity (Wildman–Crippen MR) is 85.5 cm³/mol.